The predicted octanol–water partition coefficient (Wildman–Crippen LogP) is 2.46. The minimum atomic E-state index is -0.463. The molecule has 0 atom stereocenters. The first-order chi connectivity index (χ1) is 9.19. The summed E-state index contributed by atoms with van der Waals surface area (Å²) < 4.78 is 12.8. The monoisotopic (exact) mass is 327 g/mol. The molecular weight excluding hydrogens is 314 g/mol. The lowest BCUT2D eigenvalue weighted by Gasteiger charge is -2.11. The predicted molar refractivity (Wildman–Crippen MR) is 72.4 cm³/mol. The Kier molecular flexibility index (Phi) is 4.36. The summed E-state index contributed by atoms with van der Waals surface area (Å²) in [5, 5.41) is 4.15. The third kappa shape index (κ3) is 2.70. The van der Waals surface area contributed by atoms with E-state index in [2.05, 4.69) is 26.0 Å². The van der Waals surface area contributed by atoms with Crippen LogP contribution in [-0.2, 0) is 4.74 Å². The SMILES string of the molecule is CCCOc1c(C(=O)OCC)cnc2c(Br)cnn12. The lowest BCUT2D eigenvalue weighted by atomic mass is 10.3. The zero-order valence-corrected chi connectivity index (χ0v) is 12.3. The topological polar surface area (TPSA) is 65.7 Å². The maximum Gasteiger partial charge on any atom is 0.345 e. The summed E-state index contributed by atoms with van der Waals surface area (Å²) >= 11 is 3.34. The Hall–Kier alpha value is -1.63. The smallest absolute Gasteiger partial charge is 0.345 e. The van der Waals surface area contributed by atoms with Gasteiger partial charge in [-0.1, -0.05) is 6.92 Å². The maximum absolute atomic E-state index is 11.9. The van der Waals surface area contributed by atoms with Crippen LogP contribution < -0.4 is 4.74 Å². The van der Waals surface area contributed by atoms with Gasteiger partial charge in [0.25, 0.3) is 0 Å². The molecule has 0 fully saturated rings. The molecule has 0 aromatic carbocycles. The number of halogens is 1. The molecule has 2 aromatic heterocycles. The third-order valence-corrected chi connectivity index (χ3v) is 2.94. The van der Waals surface area contributed by atoms with Crippen LogP contribution in [0.25, 0.3) is 5.65 Å². The molecule has 0 unspecified atom stereocenters. The number of carbonyl (C=O) groups excluding carboxylic acids is 1. The molecule has 2 rings (SSSR count). The molecule has 0 saturated heterocycles. The van der Waals surface area contributed by atoms with Gasteiger partial charge in [-0.2, -0.15) is 9.61 Å². The van der Waals surface area contributed by atoms with Crippen LogP contribution in [0.5, 0.6) is 5.88 Å². The van der Waals surface area contributed by atoms with E-state index in [-0.39, 0.29) is 5.56 Å². The summed E-state index contributed by atoms with van der Waals surface area (Å²) in [6.45, 7) is 4.53. The van der Waals surface area contributed by atoms with Crippen molar-refractivity contribution in [3.05, 3.63) is 22.4 Å². The molecule has 0 bridgehead atoms. The van der Waals surface area contributed by atoms with Crippen molar-refractivity contribution in [3.63, 3.8) is 0 Å². The number of esters is 1. The Morgan fingerprint density at radius 3 is 2.89 bits per heavy atom. The molecule has 2 heterocycles. The summed E-state index contributed by atoms with van der Waals surface area (Å²) in [4.78, 5) is 16.1. The summed E-state index contributed by atoms with van der Waals surface area (Å²) in [5.74, 6) is -0.106. The van der Waals surface area contributed by atoms with Crippen LogP contribution in [0, 0.1) is 0 Å². The molecule has 0 aliphatic heterocycles. The zero-order chi connectivity index (χ0) is 13.8. The average Bonchev–Trinajstić information content (AvgIpc) is 2.78. The Bertz CT molecular complexity index is 597. The molecule has 102 valence electrons. The van der Waals surface area contributed by atoms with Gasteiger partial charge in [0, 0.05) is 6.20 Å². The van der Waals surface area contributed by atoms with E-state index >= 15 is 0 Å². The highest BCUT2D eigenvalue weighted by molar-refractivity contribution is 9.10. The van der Waals surface area contributed by atoms with Gasteiger partial charge in [0.15, 0.2) is 5.65 Å². The van der Waals surface area contributed by atoms with Crippen LogP contribution in [0.3, 0.4) is 0 Å². The fraction of sp³-hybridized carbons (Fsp3) is 0.417. The van der Waals surface area contributed by atoms with Crippen LogP contribution in [0.1, 0.15) is 30.6 Å². The average molecular weight is 328 g/mol. The van der Waals surface area contributed by atoms with E-state index in [4.69, 9.17) is 9.47 Å². The van der Waals surface area contributed by atoms with Crippen molar-refractivity contribution in [3.8, 4) is 5.88 Å². The van der Waals surface area contributed by atoms with E-state index in [0.29, 0.717) is 24.7 Å². The van der Waals surface area contributed by atoms with Gasteiger partial charge in [-0.15, -0.1) is 0 Å². The van der Waals surface area contributed by atoms with Gasteiger partial charge in [-0.05, 0) is 29.3 Å². The first kappa shape index (κ1) is 13.8. The number of hydrogen-bond donors (Lipinski definition) is 0. The maximum atomic E-state index is 11.9. The van der Waals surface area contributed by atoms with E-state index in [9.17, 15) is 4.79 Å². The summed E-state index contributed by atoms with van der Waals surface area (Å²) in [7, 11) is 0. The Morgan fingerprint density at radius 2 is 2.21 bits per heavy atom. The number of rotatable bonds is 5. The van der Waals surface area contributed by atoms with E-state index in [1.165, 1.54) is 10.7 Å². The van der Waals surface area contributed by atoms with Crippen molar-refractivity contribution < 1.29 is 14.3 Å². The van der Waals surface area contributed by atoms with Gasteiger partial charge in [0.05, 0.1) is 23.9 Å². The molecule has 19 heavy (non-hydrogen) atoms. The number of ether oxygens (including phenoxy) is 2. The lowest BCUT2D eigenvalue weighted by molar-refractivity contribution is 0.0519. The molecule has 0 radical (unpaired) electrons. The van der Waals surface area contributed by atoms with E-state index in [0.717, 1.165) is 10.9 Å². The minimum Gasteiger partial charge on any atom is -0.477 e. The first-order valence-electron chi connectivity index (χ1n) is 6.01. The van der Waals surface area contributed by atoms with E-state index < -0.39 is 5.97 Å². The van der Waals surface area contributed by atoms with Crippen LogP contribution in [0.4, 0.5) is 0 Å². The van der Waals surface area contributed by atoms with Crippen molar-refractivity contribution in [2.45, 2.75) is 20.3 Å². The lowest BCUT2D eigenvalue weighted by Crippen LogP contribution is -2.12. The highest BCUT2D eigenvalue weighted by Gasteiger charge is 2.20. The van der Waals surface area contributed by atoms with Crippen molar-refractivity contribution in [1.82, 2.24) is 14.6 Å². The number of carbonyl (C=O) groups is 1. The van der Waals surface area contributed by atoms with Gasteiger partial charge in [-0.3, -0.25) is 0 Å². The molecule has 0 saturated carbocycles. The standard InChI is InChI=1S/C12H14BrN3O3/c1-3-5-19-11-8(12(17)18-4-2)6-14-10-9(13)7-15-16(10)11/h6-7H,3-5H2,1-2H3. The second kappa shape index (κ2) is 6.01. The molecule has 0 aliphatic carbocycles. The van der Waals surface area contributed by atoms with Gasteiger partial charge >= 0.3 is 5.97 Å². The van der Waals surface area contributed by atoms with Crippen LogP contribution >= 0.6 is 15.9 Å². The van der Waals surface area contributed by atoms with Crippen LogP contribution in [-0.4, -0.2) is 33.8 Å². The largest absolute Gasteiger partial charge is 0.477 e. The normalized spacial score (nSPS) is 10.7. The van der Waals surface area contributed by atoms with Crippen LogP contribution in [0.15, 0.2) is 16.9 Å². The Morgan fingerprint density at radius 1 is 1.42 bits per heavy atom. The van der Waals surface area contributed by atoms with Crippen molar-refractivity contribution >= 4 is 27.5 Å². The molecule has 7 heteroatoms. The zero-order valence-electron chi connectivity index (χ0n) is 10.7. The molecule has 0 N–H and O–H groups in total. The molecule has 0 aliphatic rings. The van der Waals surface area contributed by atoms with E-state index in [1.54, 1.807) is 13.1 Å². The van der Waals surface area contributed by atoms with Crippen molar-refractivity contribution in [2.75, 3.05) is 13.2 Å². The van der Waals surface area contributed by atoms with Crippen LogP contribution in [0.2, 0.25) is 0 Å². The molecular formula is C12H14BrN3O3. The minimum absolute atomic E-state index is 0.276. The van der Waals surface area contributed by atoms with Crippen molar-refractivity contribution in [2.24, 2.45) is 0 Å². The fourth-order valence-electron chi connectivity index (χ4n) is 1.57. The van der Waals surface area contributed by atoms with Crippen molar-refractivity contribution in [1.29, 1.82) is 0 Å². The number of aromatic nitrogens is 3. The third-order valence-electron chi connectivity index (χ3n) is 2.38. The number of fused-ring (bicyclic) bond motifs is 1. The molecule has 0 amide bonds. The molecule has 0 spiro atoms. The first-order valence-corrected chi connectivity index (χ1v) is 6.80. The Labute approximate surface area is 118 Å². The second-order valence-corrected chi connectivity index (χ2v) is 4.63. The summed E-state index contributed by atoms with van der Waals surface area (Å²) in [6, 6.07) is 0. The van der Waals surface area contributed by atoms with Gasteiger partial charge < -0.3 is 9.47 Å². The highest BCUT2D eigenvalue weighted by atomic mass is 79.9. The fourth-order valence-corrected chi connectivity index (χ4v) is 1.93. The van der Waals surface area contributed by atoms with Gasteiger partial charge in [-0.25, -0.2) is 9.78 Å². The molecule has 6 nitrogen and oxygen atoms in total. The molecule has 2 aromatic rings. The quantitative estimate of drug-likeness (QED) is 0.789. The number of nitrogens with zero attached hydrogens (tertiary/aromatic N) is 3. The van der Waals surface area contributed by atoms with E-state index in [1.807, 2.05) is 6.92 Å². The summed E-state index contributed by atoms with van der Waals surface area (Å²) in [5.41, 5.74) is 0.873. The Balaban J connectivity index is 2.52. The van der Waals surface area contributed by atoms with Gasteiger partial charge in [0.2, 0.25) is 5.88 Å². The summed E-state index contributed by atoms with van der Waals surface area (Å²) in [6.07, 6.45) is 3.88. The van der Waals surface area contributed by atoms with Gasteiger partial charge in [0.1, 0.15) is 5.56 Å². The highest BCUT2D eigenvalue weighted by Crippen LogP contribution is 2.24. The second-order valence-electron chi connectivity index (χ2n) is 3.77. The number of hydrogen-bond acceptors (Lipinski definition) is 5.